The van der Waals surface area contributed by atoms with E-state index in [-0.39, 0.29) is 12.0 Å². The Morgan fingerprint density at radius 3 is 3.06 bits per heavy atom. The molecule has 0 fully saturated rings. The van der Waals surface area contributed by atoms with Crippen LogP contribution in [0.25, 0.3) is 0 Å². The van der Waals surface area contributed by atoms with Gasteiger partial charge in [-0.15, -0.1) is 0 Å². The summed E-state index contributed by atoms with van der Waals surface area (Å²) in [6, 6.07) is 8.65. The van der Waals surface area contributed by atoms with E-state index in [4.69, 9.17) is 0 Å². The lowest BCUT2D eigenvalue weighted by Crippen LogP contribution is -2.35. The second kappa shape index (κ2) is 5.97. The van der Waals surface area contributed by atoms with Gasteiger partial charge in [0, 0.05) is 12.0 Å². The van der Waals surface area contributed by atoms with Gasteiger partial charge in [0.1, 0.15) is 6.29 Å². The molecule has 1 heterocycles. The lowest BCUT2D eigenvalue weighted by molar-refractivity contribution is -0.112. The number of carbonyl (C=O) groups excluding carboxylic acids is 1. The molecule has 1 aliphatic rings. The summed E-state index contributed by atoms with van der Waals surface area (Å²) in [4.78, 5) is 11.3. The van der Waals surface area contributed by atoms with Gasteiger partial charge < -0.3 is 10.1 Å². The molecule has 2 atom stereocenters. The number of aldehydes is 1. The SMILES string of the molecule is [CH2]CCCC(C=O)C1NCCc2ccccc21. The molecule has 2 nitrogen and oxygen atoms in total. The first-order chi connectivity index (χ1) is 8.36. The van der Waals surface area contributed by atoms with Crippen molar-refractivity contribution in [1.82, 2.24) is 5.32 Å². The summed E-state index contributed by atoms with van der Waals surface area (Å²) in [7, 11) is 0. The summed E-state index contributed by atoms with van der Waals surface area (Å²) in [5, 5.41) is 3.48. The molecule has 1 aromatic rings. The van der Waals surface area contributed by atoms with Gasteiger partial charge in [0.05, 0.1) is 0 Å². The molecule has 91 valence electrons. The minimum absolute atomic E-state index is 0.0817. The van der Waals surface area contributed by atoms with Gasteiger partial charge in [0.2, 0.25) is 0 Å². The van der Waals surface area contributed by atoms with E-state index < -0.39 is 0 Å². The highest BCUT2D eigenvalue weighted by molar-refractivity contribution is 5.56. The van der Waals surface area contributed by atoms with Crippen LogP contribution in [0.5, 0.6) is 0 Å². The zero-order chi connectivity index (χ0) is 12.1. The van der Waals surface area contributed by atoms with E-state index in [1.807, 2.05) is 0 Å². The zero-order valence-electron chi connectivity index (χ0n) is 10.2. The van der Waals surface area contributed by atoms with E-state index in [9.17, 15) is 4.79 Å². The van der Waals surface area contributed by atoms with E-state index in [1.54, 1.807) is 0 Å². The van der Waals surface area contributed by atoms with Crippen LogP contribution in [0.4, 0.5) is 0 Å². The molecule has 2 heteroatoms. The van der Waals surface area contributed by atoms with Crippen LogP contribution in [0.15, 0.2) is 24.3 Å². The monoisotopic (exact) mass is 230 g/mol. The minimum Gasteiger partial charge on any atom is -0.309 e. The van der Waals surface area contributed by atoms with Crippen LogP contribution in [0.1, 0.15) is 36.4 Å². The van der Waals surface area contributed by atoms with Gasteiger partial charge in [-0.05, 0) is 30.5 Å². The van der Waals surface area contributed by atoms with Gasteiger partial charge in [-0.2, -0.15) is 0 Å². The summed E-state index contributed by atoms with van der Waals surface area (Å²) >= 11 is 0. The molecule has 0 saturated carbocycles. The predicted molar refractivity (Wildman–Crippen MR) is 69.7 cm³/mol. The molecule has 17 heavy (non-hydrogen) atoms. The maximum Gasteiger partial charge on any atom is 0.124 e. The second-order valence-corrected chi connectivity index (χ2v) is 4.68. The average molecular weight is 230 g/mol. The summed E-state index contributed by atoms with van der Waals surface area (Å²) in [6.45, 7) is 4.81. The van der Waals surface area contributed by atoms with Crippen LogP contribution in [0.2, 0.25) is 0 Å². The van der Waals surface area contributed by atoms with E-state index in [1.165, 1.54) is 11.1 Å². The Labute approximate surface area is 103 Å². The first kappa shape index (κ1) is 12.3. The maximum absolute atomic E-state index is 11.3. The molecule has 0 saturated heterocycles. The van der Waals surface area contributed by atoms with Gasteiger partial charge >= 0.3 is 0 Å². The van der Waals surface area contributed by atoms with Crippen molar-refractivity contribution in [2.45, 2.75) is 31.7 Å². The van der Waals surface area contributed by atoms with Crippen molar-refractivity contribution in [1.29, 1.82) is 0 Å². The molecule has 1 aromatic carbocycles. The Kier molecular flexibility index (Phi) is 4.32. The van der Waals surface area contributed by atoms with Crippen molar-refractivity contribution in [3.05, 3.63) is 42.3 Å². The fourth-order valence-corrected chi connectivity index (χ4v) is 2.61. The Morgan fingerprint density at radius 1 is 1.47 bits per heavy atom. The highest BCUT2D eigenvalue weighted by Crippen LogP contribution is 2.30. The molecule has 2 unspecified atom stereocenters. The molecule has 0 amide bonds. The number of rotatable bonds is 5. The summed E-state index contributed by atoms with van der Waals surface area (Å²) in [5.74, 6) is 0.0817. The topological polar surface area (TPSA) is 29.1 Å². The van der Waals surface area contributed by atoms with Crippen molar-refractivity contribution in [2.24, 2.45) is 5.92 Å². The van der Waals surface area contributed by atoms with Crippen molar-refractivity contribution < 1.29 is 4.79 Å². The number of unbranched alkanes of at least 4 members (excludes halogenated alkanes) is 1. The molecule has 1 N–H and O–H groups in total. The van der Waals surface area contributed by atoms with Crippen molar-refractivity contribution >= 4 is 6.29 Å². The number of carbonyl (C=O) groups is 1. The van der Waals surface area contributed by atoms with Crippen LogP contribution in [-0.2, 0) is 11.2 Å². The van der Waals surface area contributed by atoms with E-state index >= 15 is 0 Å². The number of benzene rings is 1. The minimum atomic E-state index is 0.0817. The molecule has 1 aliphatic heterocycles. The second-order valence-electron chi connectivity index (χ2n) is 4.68. The summed E-state index contributed by atoms with van der Waals surface area (Å²) in [6.07, 6.45) is 5.02. The Balaban J connectivity index is 2.18. The molecule has 0 spiro atoms. The fourth-order valence-electron chi connectivity index (χ4n) is 2.61. The number of hydrogen-bond donors (Lipinski definition) is 1. The summed E-state index contributed by atoms with van der Waals surface area (Å²) < 4.78 is 0. The Hall–Kier alpha value is -1.15. The number of hydrogen-bond acceptors (Lipinski definition) is 2. The molecule has 0 aromatic heterocycles. The van der Waals surface area contributed by atoms with Gasteiger partial charge in [0.15, 0.2) is 0 Å². The lowest BCUT2D eigenvalue weighted by Gasteiger charge is -2.30. The first-order valence-corrected chi connectivity index (χ1v) is 6.42. The third kappa shape index (κ3) is 2.75. The van der Waals surface area contributed by atoms with Gasteiger partial charge in [0.25, 0.3) is 0 Å². The van der Waals surface area contributed by atoms with Crippen LogP contribution in [0, 0.1) is 12.8 Å². The standard InChI is InChI=1S/C15H20NO/c1-2-3-6-13(11-17)15-14-8-5-4-7-12(14)9-10-16-15/h4-5,7-8,11,13,15-16H,1-3,6,9-10H2. The van der Waals surface area contributed by atoms with Crippen LogP contribution in [0.3, 0.4) is 0 Å². The average Bonchev–Trinajstić information content (AvgIpc) is 2.40. The molecular formula is C15H20NO. The third-order valence-corrected chi connectivity index (χ3v) is 3.54. The quantitative estimate of drug-likeness (QED) is 0.788. The van der Waals surface area contributed by atoms with E-state index in [0.717, 1.165) is 38.5 Å². The van der Waals surface area contributed by atoms with Crippen molar-refractivity contribution in [3.8, 4) is 0 Å². The molecule has 1 radical (unpaired) electrons. The smallest absolute Gasteiger partial charge is 0.124 e. The largest absolute Gasteiger partial charge is 0.309 e. The number of nitrogens with one attached hydrogen (secondary N) is 1. The Morgan fingerprint density at radius 2 is 2.29 bits per heavy atom. The lowest BCUT2D eigenvalue weighted by atomic mass is 9.84. The Bertz CT molecular complexity index is 375. The van der Waals surface area contributed by atoms with Gasteiger partial charge in [-0.25, -0.2) is 0 Å². The van der Waals surface area contributed by atoms with Gasteiger partial charge in [-0.3, -0.25) is 0 Å². The predicted octanol–water partition coefficient (Wildman–Crippen LogP) is 2.69. The number of fused-ring (bicyclic) bond motifs is 1. The van der Waals surface area contributed by atoms with E-state index in [2.05, 4.69) is 36.5 Å². The fraction of sp³-hybridized carbons (Fsp3) is 0.467. The van der Waals surface area contributed by atoms with Crippen LogP contribution in [-0.4, -0.2) is 12.8 Å². The zero-order valence-corrected chi connectivity index (χ0v) is 10.2. The van der Waals surface area contributed by atoms with Crippen LogP contribution < -0.4 is 5.32 Å². The summed E-state index contributed by atoms with van der Waals surface area (Å²) in [5.41, 5.74) is 2.69. The van der Waals surface area contributed by atoms with Crippen LogP contribution >= 0.6 is 0 Å². The van der Waals surface area contributed by atoms with E-state index in [0.29, 0.717) is 0 Å². The molecular weight excluding hydrogens is 210 g/mol. The third-order valence-electron chi connectivity index (χ3n) is 3.54. The normalized spacial score (nSPS) is 20.6. The highest BCUT2D eigenvalue weighted by Gasteiger charge is 2.26. The van der Waals surface area contributed by atoms with Gasteiger partial charge in [-0.1, -0.05) is 44.0 Å². The highest BCUT2D eigenvalue weighted by atomic mass is 16.1. The maximum atomic E-state index is 11.3. The molecule has 2 rings (SSSR count). The first-order valence-electron chi connectivity index (χ1n) is 6.42. The van der Waals surface area contributed by atoms with Crippen molar-refractivity contribution in [2.75, 3.05) is 6.54 Å². The molecule has 0 bridgehead atoms. The molecule has 0 aliphatic carbocycles. The van der Waals surface area contributed by atoms with Crippen molar-refractivity contribution in [3.63, 3.8) is 0 Å².